The molecular weight excluding hydrogens is 380 g/mol. The van der Waals surface area contributed by atoms with Crippen molar-refractivity contribution in [1.29, 1.82) is 0 Å². The van der Waals surface area contributed by atoms with E-state index < -0.39 is 0 Å². The fraction of sp³-hybridized carbons (Fsp3) is 0.333. The highest BCUT2D eigenvalue weighted by atomic mass is 79.9. The van der Waals surface area contributed by atoms with Crippen LogP contribution in [0.5, 0.6) is 0 Å². The molecule has 0 amide bonds. The van der Waals surface area contributed by atoms with E-state index in [9.17, 15) is 8.78 Å². The topological polar surface area (TPSA) is 3.24 Å². The van der Waals surface area contributed by atoms with Gasteiger partial charge in [-0.25, -0.2) is 8.78 Å². The van der Waals surface area contributed by atoms with Gasteiger partial charge in [-0.1, -0.05) is 34.1 Å². The molecule has 0 aliphatic carbocycles. The number of alkyl halides is 1. The van der Waals surface area contributed by atoms with Crippen LogP contribution < -0.4 is 4.90 Å². The molecule has 0 bridgehead atoms. The van der Waals surface area contributed by atoms with Crippen molar-refractivity contribution in [2.24, 2.45) is 0 Å². The van der Waals surface area contributed by atoms with E-state index in [1.807, 2.05) is 24.3 Å². The first-order chi connectivity index (χ1) is 11.2. The van der Waals surface area contributed by atoms with Crippen LogP contribution in [-0.2, 0) is 5.33 Å². The largest absolute Gasteiger partial charge is 0.369 e. The summed E-state index contributed by atoms with van der Waals surface area (Å²) in [6.45, 7) is 1.61. The van der Waals surface area contributed by atoms with Crippen LogP contribution >= 0.6 is 27.7 Å². The normalized spacial score (nSPS) is 15.9. The molecule has 1 aliphatic rings. The number of hydrogen-bond acceptors (Lipinski definition) is 2. The second-order valence-corrected chi connectivity index (χ2v) is 7.56. The van der Waals surface area contributed by atoms with Crippen LogP contribution in [0.2, 0.25) is 0 Å². The molecule has 1 heterocycles. The SMILES string of the molecule is Fc1cc(CBr)ccc1SC1CCN(c2ccccc2F)CC1. The molecule has 0 N–H and O–H groups in total. The quantitative estimate of drug-likeness (QED) is 0.615. The van der Waals surface area contributed by atoms with Crippen LogP contribution in [0.15, 0.2) is 47.4 Å². The van der Waals surface area contributed by atoms with Gasteiger partial charge in [0.15, 0.2) is 0 Å². The number of halogens is 3. The summed E-state index contributed by atoms with van der Waals surface area (Å²) >= 11 is 4.94. The highest BCUT2D eigenvalue weighted by molar-refractivity contribution is 9.08. The van der Waals surface area contributed by atoms with Crippen LogP contribution in [0.3, 0.4) is 0 Å². The van der Waals surface area contributed by atoms with Gasteiger partial charge in [-0.3, -0.25) is 0 Å². The molecule has 2 aromatic rings. The van der Waals surface area contributed by atoms with Crippen molar-refractivity contribution < 1.29 is 8.78 Å². The minimum atomic E-state index is -0.171. The summed E-state index contributed by atoms with van der Waals surface area (Å²) in [6, 6.07) is 12.3. The van der Waals surface area contributed by atoms with Gasteiger partial charge in [0.25, 0.3) is 0 Å². The molecule has 5 heteroatoms. The lowest BCUT2D eigenvalue weighted by Gasteiger charge is -2.33. The zero-order chi connectivity index (χ0) is 16.2. The maximum absolute atomic E-state index is 14.1. The number of anilines is 1. The third-order valence-electron chi connectivity index (χ3n) is 4.08. The zero-order valence-corrected chi connectivity index (χ0v) is 15.0. The lowest BCUT2D eigenvalue weighted by Crippen LogP contribution is -2.35. The fourth-order valence-corrected chi connectivity index (χ4v) is 4.30. The maximum atomic E-state index is 14.1. The number of benzene rings is 2. The van der Waals surface area contributed by atoms with E-state index in [1.54, 1.807) is 23.9 Å². The van der Waals surface area contributed by atoms with Crippen molar-refractivity contribution in [3.63, 3.8) is 0 Å². The Balaban J connectivity index is 1.60. The Morgan fingerprint density at radius 1 is 1.04 bits per heavy atom. The Bertz CT molecular complexity index is 672. The lowest BCUT2D eigenvalue weighted by molar-refractivity contribution is 0.563. The molecule has 0 spiro atoms. The summed E-state index contributed by atoms with van der Waals surface area (Å²) in [5.74, 6) is -0.321. The number of rotatable bonds is 4. The summed E-state index contributed by atoms with van der Waals surface area (Å²) in [7, 11) is 0. The predicted octanol–water partition coefficient (Wildman–Crippen LogP) is 5.62. The highest BCUT2D eigenvalue weighted by Gasteiger charge is 2.22. The Hall–Kier alpha value is -1.07. The highest BCUT2D eigenvalue weighted by Crippen LogP contribution is 2.34. The Labute approximate surface area is 148 Å². The first-order valence-corrected chi connectivity index (χ1v) is 9.68. The number of hydrogen-bond donors (Lipinski definition) is 0. The monoisotopic (exact) mass is 397 g/mol. The van der Waals surface area contributed by atoms with Crippen LogP contribution in [0.25, 0.3) is 0 Å². The smallest absolute Gasteiger partial charge is 0.146 e. The van der Waals surface area contributed by atoms with Crippen LogP contribution in [-0.4, -0.2) is 18.3 Å². The van der Waals surface area contributed by atoms with E-state index in [-0.39, 0.29) is 11.6 Å². The van der Waals surface area contributed by atoms with Crippen molar-refractivity contribution in [2.45, 2.75) is 28.3 Å². The molecule has 1 aliphatic heterocycles. The standard InChI is InChI=1S/C18H18BrF2NS/c19-12-13-5-6-18(16(21)11-13)23-14-7-9-22(10-8-14)17-4-2-1-3-15(17)20/h1-6,11,14H,7-10,12H2. The molecule has 0 aromatic heterocycles. The third-order valence-corrected chi connectivity index (χ3v) is 6.12. The van der Waals surface area contributed by atoms with Gasteiger partial charge in [0.2, 0.25) is 0 Å². The number of nitrogens with zero attached hydrogens (tertiary/aromatic N) is 1. The molecule has 0 saturated carbocycles. The van der Waals surface area contributed by atoms with Gasteiger partial charge in [0.05, 0.1) is 5.69 Å². The molecule has 0 unspecified atom stereocenters. The predicted molar refractivity (Wildman–Crippen MR) is 96.5 cm³/mol. The number of para-hydroxylation sites is 1. The molecule has 23 heavy (non-hydrogen) atoms. The van der Waals surface area contributed by atoms with Crippen molar-refractivity contribution in [3.8, 4) is 0 Å². The third kappa shape index (κ3) is 4.07. The van der Waals surface area contributed by atoms with E-state index in [1.165, 1.54) is 6.07 Å². The molecule has 2 aromatic carbocycles. The van der Waals surface area contributed by atoms with Crippen LogP contribution in [0.1, 0.15) is 18.4 Å². The molecular formula is C18H18BrF2NS. The van der Waals surface area contributed by atoms with E-state index in [2.05, 4.69) is 20.8 Å². The Morgan fingerprint density at radius 3 is 2.43 bits per heavy atom. The second kappa shape index (κ2) is 7.67. The van der Waals surface area contributed by atoms with Gasteiger partial charge in [-0.05, 0) is 42.7 Å². The fourth-order valence-electron chi connectivity index (χ4n) is 2.83. The van der Waals surface area contributed by atoms with Gasteiger partial charge >= 0.3 is 0 Å². The Kier molecular flexibility index (Phi) is 5.59. The van der Waals surface area contributed by atoms with Crippen molar-refractivity contribution in [3.05, 3.63) is 59.7 Å². The average Bonchev–Trinajstić information content (AvgIpc) is 2.58. The first-order valence-electron chi connectivity index (χ1n) is 7.68. The van der Waals surface area contributed by atoms with Gasteiger partial charge in [0.1, 0.15) is 11.6 Å². The summed E-state index contributed by atoms with van der Waals surface area (Å²) in [5, 5.41) is 1.04. The summed E-state index contributed by atoms with van der Waals surface area (Å²) in [6.07, 6.45) is 1.86. The van der Waals surface area contributed by atoms with Gasteiger partial charge in [-0.2, -0.15) is 0 Å². The molecule has 0 radical (unpaired) electrons. The Morgan fingerprint density at radius 2 is 1.78 bits per heavy atom. The summed E-state index contributed by atoms with van der Waals surface area (Å²) < 4.78 is 27.9. The average molecular weight is 398 g/mol. The van der Waals surface area contributed by atoms with Crippen LogP contribution in [0, 0.1) is 11.6 Å². The molecule has 1 saturated heterocycles. The van der Waals surface area contributed by atoms with Gasteiger partial charge < -0.3 is 4.90 Å². The van der Waals surface area contributed by atoms with Crippen LogP contribution in [0.4, 0.5) is 14.5 Å². The van der Waals surface area contributed by atoms with E-state index >= 15 is 0 Å². The van der Waals surface area contributed by atoms with Gasteiger partial charge in [0, 0.05) is 28.6 Å². The van der Waals surface area contributed by atoms with Crippen molar-refractivity contribution >= 4 is 33.4 Å². The molecule has 0 atom stereocenters. The lowest BCUT2D eigenvalue weighted by atomic mass is 10.1. The molecule has 1 fully saturated rings. The van der Waals surface area contributed by atoms with Crippen molar-refractivity contribution in [1.82, 2.24) is 0 Å². The van der Waals surface area contributed by atoms with E-state index in [0.717, 1.165) is 31.5 Å². The maximum Gasteiger partial charge on any atom is 0.146 e. The second-order valence-electron chi connectivity index (χ2n) is 5.65. The number of piperidine rings is 1. The van der Waals surface area contributed by atoms with Crippen molar-refractivity contribution in [2.75, 3.05) is 18.0 Å². The molecule has 122 valence electrons. The number of thioether (sulfide) groups is 1. The van der Waals surface area contributed by atoms with Gasteiger partial charge in [-0.15, -0.1) is 11.8 Å². The zero-order valence-electron chi connectivity index (χ0n) is 12.6. The summed E-state index contributed by atoms with van der Waals surface area (Å²) in [4.78, 5) is 2.79. The summed E-state index contributed by atoms with van der Waals surface area (Å²) in [5.41, 5.74) is 1.62. The molecule has 3 rings (SSSR count). The minimum absolute atomic E-state index is 0.150. The van der Waals surface area contributed by atoms with E-state index in [0.29, 0.717) is 21.2 Å². The molecule has 1 nitrogen and oxygen atoms in total. The minimum Gasteiger partial charge on any atom is -0.369 e. The first kappa shape index (κ1) is 16.8. The van der Waals surface area contributed by atoms with E-state index in [4.69, 9.17) is 0 Å².